The summed E-state index contributed by atoms with van der Waals surface area (Å²) < 4.78 is 24.2. The van der Waals surface area contributed by atoms with Gasteiger partial charge in [-0.3, -0.25) is 9.48 Å². The van der Waals surface area contributed by atoms with Crippen molar-refractivity contribution in [3.05, 3.63) is 82.3 Å². The smallest absolute Gasteiger partial charge is 0.166 e. The van der Waals surface area contributed by atoms with Gasteiger partial charge in [-0.1, -0.05) is 17.7 Å². The molecular formula is C28H27ClFN5O2. The number of hydrogen-bond donors (Lipinski definition) is 0. The van der Waals surface area contributed by atoms with Gasteiger partial charge in [0.2, 0.25) is 0 Å². The fourth-order valence-electron chi connectivity index (χ4n) is 5.56. The molecule has 9 heteroatoms. The third-order valence-corrected chi connectivity index (χ3v) is 8.13. The largest absolute Gasteiger partial charge is 0.380 e. The first-order valence-electron chi connectivity index (χ1n) is 12.8. The second-order valence-corrected chi connectivity index (χ2v) is 11.2. The van der Waals surface area contributed by atoms with Crippen molar-refractivity contribution in [3.63, 3.8) is 0 Å². The Morgan fingerprint density at radius 1 is 1.14 bits per heavy atom. The third-order valence-electron chi connectivity index (χ3n) is 7.83. The van der Waals surface area contributed by atoms with Gasteiger partial charge in [0, 0.05) is 49.4 Å². The molecule has 0 bridgehead atoms. The zero-order chi connectivity index (χ0) is 25.1. The van der Waals surface area contributed by atoms with E-state index in [2.05, 4.69) is 37.7 Å². The molecule has 0 N–H and O–H groups in total. The highest BCUT2D eigenvalue weighted by Gasteiger charge is 2.49. The highest BCUT2D eigenvalue weighted by molar-refractivity contribution is 6.30. The molecule has 1 aromatic carbocycles. The summed E-state index contributed by atoms with van der Waals surface area (Å²) in [5.74, 6) is 0.171. The van der Waals surface area contributed by atoms with Crippen LogP contribution in [0.15, 0.2) is 49.1 Å². The van der Waals surface area contributed by atoms with Crippen molar-refractivity contribution in [2.24, 2.45) is 5.41 Å². The number of hydrogen-bond acceptors (Lipinski definition) is 5. The molecule has 37 heavy (non-hydrogen) atoms. The Morgan fingerprint density at radius 3 is 2.73 bits per heavy atom. The van der Waals surface area contributed by atoms with Crippen molar-refractivity contribution in [1.29, 1.82) is 0 Å². The number of anilines is 1. The maximum atomic E-state index is 15.0. The van der Waals surface area contributed by atoms with Gasteiger partial charge in [-0.2, -0.15) is 5.10 Å². The maximum absolute atomic E-state index is 15.0. The molecule has 190 valence electrons. The lowest BCUT2D eigenvalue weighted by molar-refractivity contribution is -0.127. The van der Waals surface area contributed by atoms with E-state index in [-0.39, 0.29) is 29.1 Å². The van der Waals surface area contributed by atoms with Gasteiger partial charge in [-0.25, -0.2) is 9.37 Å². The second kappa shape index (κ2) is 8.67. The zero-order valence-electron chi connectivity index (χ0n) is 20.4. The minimum Gasteiger partial charge on any atom is -0.380 e. The van der Waals surface area contributed by atoms with E-state index >= 15 is 4.39 Å². The average Bonchev–Trinajstić information content (AvgIpc) is 3.45. The zero-order valence-corrected chi connectivity index (χ0v) is 21.1. The molecule has 1 aliphatic carbocycles. The fraction of sp³-hybridized carbons (Fsp3) is 0.393. The fourth-order valence-corrected chi connectivity index (χ4v) is 5.74. The minimum atomic E-state index is -0.440. The van der Waals surface area contributed by atoms with Crippen LogP contribution in [0.4, 0.5) is 10.1 Å². The number of Topliss-reactive ketones (excluding diaryl/α,β-unsaturated/α-hetero) is 1. The number of nitrogens with zero attached hydrogens (tertiary/aromatic N) is 5. The Morgan fingerprint density at radius 2 is 1.97 bits per heavy atom. The molecule has 7 nitrogen and oxygen atoms in total. The van der Waals surface area contributed by atoms with Crippen LogP contribution in [-0.4, -0.2) is 51.3 Å². The van der Waals surface area contributed by atoms with Gasteiger partial charge in [-0.15, -0.1) is 0 Å². The molecule has 2 aliphatic heterocycles. The number of ketones is 1. The molecule has 3 fully saturated rings. The average molecular weight is 520 g/mol. The number of aromatic nitrogens is 4. The van der Waals surface area contributed by atoms with E-state index in [1.54, 1.807) is 23.1 Å². The molecule has 0 amide bonds. The molecule has 0 atom stereocenters. The first-order valence-corrected chi connectivity index (χ1v) is 13.2. The van der Waals surface area contributed by atoms with Gasteiger partial charge in [0.05, 0.1) is 47.7 Å². The van der Waals surface area contributed by atoms with Gasteiger partial charge in [-0.05, 0) is 48.9 Å². The monoisotopic (exact) mass is 519 g/mol. The Bertz CT molecular complexity index is 1510. The lowest BCUT2D eigenvalue weighted by Crippen LogP contribution is -2.66. The van der Waals surface area contributed by atoms with Crippen LogP contribution in [0, 0.1) is 11.2 Å². The van der Waals surface area contributed by atoms with Crippen LogP contribution < -0.4 is 4.90 Å². The molecule has 5 heterocycles. The summed E-state index contributed by atoms with van der Waals surface area (Å²) in [4.78, 5) is 19.8. The Hall–Kier alpha value is -3.23. The standard InChI is InChI=1S/C28H27ClFN5O2/c29-23-5-6-24(34-14-28(15-34)16-37-17-28)22(27(23)30)4-7-25(36)20-9-31-35(11-20)13-21-12-33-10-19(18-1-2-18)3-8-26(33)32-21/h3,5-6,8-12,18H,1-2,4,7,13-17H2. The highest BCUT2D eigenvalue weighted by atomic mass is 35.5. The van der Waals surface area contributed by atoms with Crippen LogP contribution >= 0.6 is 11.6 Å². The van der Waals surface area contributed by atoms with Crippen molar-refractivity contribution in [2.45, 2.75) is 38.1 Å². The van der Waals surface area contributed by atoms with Crippen LogP contribution in [0.25, 0.3) is 5.65 Å². The molecule has 7 rings (SSSR count). The number of benzene rings is 1. The third kappa shape index (κ3) is 4.22. The first-order chi connectivity index (χ1) is 18.0. The van der Waals surface area contributed by atoms with Crippen LogP contribution in [0.3, 0.4) is 0 Å². The predicted octanol–water partition coefficient (Wildman–Crippen LogP) is 4.90. The highest BCUT2D eigenvalue weighted by Crippen LogP contribution is 2.43. The Balaban J connectivity index is 1.02. The predicted molar refractivity (Wildman–Crippen MR) is 138 cm³/mol. The van der Waals surface area contributed by atoms with E-state index in [4.69, 9.17) is 16.3 Å². The quantitative estimate of drug-likeness (QED) is 0.310. The molecule has 2 saturated heterocycles. The molecule has 3 aromatic heterocycles. The van der Waals surface area contributed by atoms with Gasteiger partial charge < -0.3 is 14.0 Å². The second-order valence-electron chi connectivity index (χ2n) is 10.8. The Labute approximate surface area is 218 Å². The van der Waals surface area contributed by atoms with Gasteiger partial charge >= 0.3 is 0 Å². The summed E-state index contributed by atoms with van der Waals surface area (Å²) in [6.45, 7) is 3.67. The molecule has 1 spiro atoms. The summed E-state index contributed by atoms with van der Waals surface area (Å²) in [7, 11) is 0. The summed E-state index contributed by atoms with van der Waals surface area (Å²) in [6, 6.07) is 7.66. The first kappa shape index (κ1) is 22.9. The van der Waals surface area contributed by atoms with Gasteiger partial charge in [0.15, 0.2) is 5.78 Å². The lowest BCUT2D eigenvalue weighted by Gasteiger charge is -2.56. The van der Waals surface area contributed by atoms with E-state index in [9.17, 15) is 4.79 Å². The lowest BCUT2D eigenvalue weighted by atomic mass is 9.77. The van der Waals surface area contributed by atoms with Crippen molar-refractivity contribution >= 4 is 28.7 Å². The van der Waals surface area contributed by atoms with Crippen LogP contribution in [0.1, 0.15) is 52.4 Å². The van der Waals surface area contributed by atoms with Gasteiger partial charge in [0.25, 0.3) is 0 Å². The number of carbonyl (C=O) groups excluding carboxylic acids is 1. The van der Waals surface area contributed by atoms with Crippen LogP contribution in [-0.2, 0) is 17.7 Å². The van der Waals surface area contributed by atoms with Gasteiger partial charge in [0.1, 0.15) is 11.5 Å². The van der Waals surface area contributed by atoms with E-state index in [1.165, 1.54) is 18.4 Å². The van der Waals surface area contributed by atoms with Crippen molar-refractivity contribution < 1.29 is 13.9 Å². The van der Waals surface area contributed by atoms with Crippen LogP contribution in [0.2, 0.25) is 5.02 Å². The number of carbonyl (C=O) groups is 1. The number of imidazole rings is 1. The van der Waals surface area contributed by atoms with E-state index in [0.717, 1.165) is 43.3 Å². The number of rotatable bonds is 8. The molecule has 1 saturated carbocycles. The van der Waals surface area contributed by atoms with Crippen molar-refractivity contribution in [2.75, 3.05) is 31.2 Å². The number of ether oxygens (including phenoxy) is 1. The SMILES string of the molecule is O=C(CCc1c(N2CC3(COC3)C2)ccc(Cl)c1F)c1cnn(Cc2cn3cc(C4CC4)ccc3n2)c1. The van der Waals surface area contributed by atoms with Crippen molar-refractivity contribution in [3.8, 4) is 0 Å². The number of fused-ring (bicyclic) bond motifs is 1. The molecular weight excluding hydrogens is 493 g/mol. The Kier molecular flexibility index (Phi) is 5.37. The van der Waals surface area contributed by atoms with E-state index < -0.39 is 5.82 Å². The van der Waals surface area contributed by atoms with E-state index in [0.29, 0.717) is 23.6 Å². The summed E-state index contributed by atoms with van der Waals surface area (Å²) >= 11 is 6.10. The number of halogens is 2. The molecule has 0 radical (unpaired) electrons. The van der Waals surface area contributed by atoms with Crippen LogP contribution in [0.5, 0.6) is 0 Å². The molecule has 4 aromatic rings. The summed E-state index contributed by atoms with van der Waals surface area (Å²) in [5, 5.41) is 4.46. The summed E-state index contributed by atoms with van der Waals surface area (Å²) in [5.41, 5.74) is 5.17. The van der Waals surface area contributed by atoms with Crippen molar-refractivity contribution in [1.82, 2.24) is 19.2 Å². The van der Waals surface area contributed by atoms with E-state index in [1.807, 2.05) is 12.3 Å². The number of pyridine rings is 1. The minimum absolute atomic E-state index is 0.0758. The topological polar surface area (TPSA) is 64.7 Å². The summed E-state index contributed by atoms with van der Waals surface area (Å²) in [6.07, 6.45) is 10.5. The maximum Gasteiger partial charge on any atom is 0.166 e. The molecule has 0 unspecified atom stereocenters. The molecule has 3 aliphatic rings. The normalized spacial score (nSPS) is 18.3.